The average Bonchev–Trinajstić information content (AvgIpc) is 2.62. The Bertz CT molecular complexity index is 843. The lowest BCUT2D eigenvalue weighted by molar-refractivity contribution is 0.586. The van der Waals surface area contributed by atoms with Crippen molar-refractivity contribution in [2.24, 2.45) is 0 Å². The van der Waals surface area contributed by atoms with Gasteiger partial charge in [-0.25, -0.2) is 14.4 Å². The van der Waals surface area contributed by atoms with E-state index in [4.69, 9.17) is 4.98 Å². The molecule has 3 aromatic rings. The second kappa shape index (κ2) is 5.93. The number of hydrogen-bond acceptors (Lipinski definition) is 4. The number of hydrogen-bond donors (Lipinski definition) is 1. The molecule has 0 atom stereocenters. The second-order valence-electron chi connectivity index (χ2n) is 5.60. The van der Waals surface area contributed by atoms with Crippen LogP contribution in [0.4, 0.5) is 10.2 Å². The highest BCUT2D eigenvalue weighted by Crippen LogP contribution is 2.28. The summed E-state index contributed by atoms with van der Waals surface area (Å²) < 4.78 is 14.1. The number of anilines is 1. The summed E-state index contributed by atoms with van der Waals surface area (Å²) in [5.41, 5.74) is 1.28. The fraction of sp³-hybridized carbons (Fsp3) is 0.222. The van der Waals surface area contributed by atoms with Crippen molar-refractivity contribution in [1.29, 1.82) is 0 Å². The Labute approximate surface area is 134 Å². The summed E-state index contributed by atoms with van der Waals surface area (Å²) in [4.78, 5) is 11.5. The van der Waals surface area contributed by atoms with E-state index in [9.17, 15) is 4.39 Å². The highest BCUT2D eigenvalue weighted by atomic mass is 19.1. The van der Waals surface area contributed by atoms with Crippen molar-refractivity contribution in [1.82, 2.24) is 15.3 Å². The first-order valence-corrected chi connectivity index (χ1v) is 7.80. The molecule has 0 spiro atoms. The smallest absolute Gasteiger partial charge is 0.165 e. The van der Waals surface area contributed by atoms with Crippen LogP contribution in [-0.4, -0.2) is 36.1 Å². The summed E-state index contributed by atoms with van der Waals surface area (Å²) >= 11 is 0. The minimum absolute atomic E-state index is 0.297. The van der Waals surface area contributed by atoms with E-state index in [1.54, 1.807) is 18.2 Å². The van der Waals surface area contributed by atoms with Crippen molar-refractivity contribution in [2.75, 3.05) is 31.1 Å². The zero-order chi connectivity index (χ0) is 15.6. The lowest BCUT2D eigenvalue weighted by Crippen LogP contribution is -2.44. The molecule has 0 bridgehead atoms. The van der Waals surface area contributed by atoms with E-state index in [-0.39, 0.29) is 5.82 Å². The number of nitrogens with one attached hydrogen (secondary N) is 1. The predicted molar refractivity (Wildman–Crippen MR) is 90.0 cm³/mol. The third-order valence-corrected chi connectivity index (χ3v) is 4.11. The van der Waals surface area contributed by atoms with Crippen molar-refractivity contribution >= 4 is 16.7 Å². The van der Waals surface area contributed by atoms with E-state index in [2.05, 4.69) is 15.2 Å². The standard InChI is InChI=1S/C18H17FN4/c19-15-7-3-1-5-13(15)17-21-16-8-4-2-6-14(16)18(22-17)23-11-9-20-10-12-23/h1-8,20H,9-12H2. The van der Waals surface area contributed by atoms with E-state index in [1.807, 2.05) is 24.3 Å². The first kappa shape index (κ1) is 14.1. The molecule has 116 valence electrons. The summed E-state index contributed by atoms with van der Waals surface area (Å²) in [6, 6.07) is 14.6. The second-order valence-corrected chi connectivity index (χ2v) is 5.60. The average molecular weight is 308 g/mol. The molecular formula is C18H17FN4. The van der Waals surface area contributed by atoms with Gasteiger partial charge in [0.2, 0.25) is 0 Å². The lowest BCUT2D eigenvalue weighted by atomic mass is 10.1. The molecule has 0 radical (unpaired) electrons. The maximum absolute atomic E-state index is 14.1. The van der Waals surface area contributed by atoms with E-state index in [0.717, 1.165) is 42.9 Å². The molecule has 4 rings (SSSR count). The van der Waals surface area contributed by atoms with Gasteiger partial charge in [0.05, 0.1) is 11.1 Å². The molecular weight excluding hydrogens is 291 g/mol. The Morgan fingerprint density at radius 1 is 0.913 bits per heavy atom. The van der Waals surface area contributed by atoms with Gasteiger partial charge in [-0.15, -0.1) is 0 Å². The first-order chi connectivity index (χ1) is 11.3. The van der Waals surface area contributed by atoms with Gasteiger partial charge in [-0.3, -0.25) is 0 Å². The number of benzene rings is 2. The van der Waals surface area contributed by atoms with E-state index < -0.39 is 0 Å². The monoisotopic (exact) mass is 308 g/mol. The van der Waals surface area contributed by atoms with Gasteiger partial charge in [0.25, 0.3) is 0 Å². The van der Waals surface area contributed by atoms with Crippen LogP contribution in [0.5, 0.6) is 0 Å². The summed E-state index contributed by atoms with van der Waals surface area (Å²) in [7, 11) is 0. The Morgan fingerprint density at radius 2 is 1.65 bits per heavy atom. The minimum Gasteiger partial charge on any atom is -0.353 e. The normalized spacial score (nSPS) is 15.1. The molecule has 5 heteroatoms. The van der Waals surface area contributed by atoms with Crippen LogP contribution < -0.4 is 10.2 Å². The third-order valence-electron chi connectivity index (χ3n) is 4.11. The quantitative estimate of drug-likeness (QED) is 0.790. The SMILES string of the molecule is Fc1ccccc1-c1nc(N2CCNCC2)c2ccccc2n1. The van der Waals surface area contributed by atoms with Gasteiger partial charge in [0.15, 0.2) is 5.82 Å². The Balaban J connectivity index is 1.91. The number of rotatable bonds is 2. The molecule has 0 saturated carbocycles. The molecule has 23 heavy (non-hydrogen) atoms. The number of para-hydroxylation sites is 1. The summed E-state index contributed by atoms with van der Waals surface area (Å²) in [6.07, 6.45) is 0. The number of fused-ring (bicyclic) bond motifs is 1. The molecule has 0 amide bonds. The number of nitrogens with zero attached hydrogens (tertiary/aromatic N) is 3. The molecule has 1 aromatic heterocycles. The fourth-order valence-electron chi connectivity index (χ4n) is 2.94. The Morgan fingerprint density at radius 3 is 2.48 bits per heavy atom. The number of halogens is 1. The van der Waals surface area contributed by atoms with Crippen molar-refractivity contribution in [3.05, 3.63) is 54.3 Å². The van der Waals surface area contributed by atoms with Gasteiger partial charge >= 0.3 is 0 Å². The van der Waals surface area contributed by atoms with Gasteiger partial charge in [-0.1, -0.05) is 24.3 Å². The van der Waals surface area contributed by atoms with Gasteiger partial charge in [0, 0.05) is 31.6 Å². The molecule has 1 aliphatic rings. The van der Waals surface area contributed by atoms with Crippen LogP contribution in [0, 0.1) is 5.82 Å². The molecule has 2 heterocycles. The Kier molecular flexibility index (Phi) is 3.63. The summed E-state index contributed by atoms with van der Waals surface area (Å²) in [5.74, 6) is 1.03. The first-order valence-electron chi connectivity index (χ1n) is 7.80. The minimum atomic E-state index is -0.297. The molecule has 0 aliphatic carbocycles. The highest BCUT2D eigenvalue weighted by molar-refractivity contribution is 5.91. The molecule has 0 unspecified atom stereocenters. The van der Waals surface area contributed by atoms with Gasteiger partial charge in [0.1, 0.15) is 11.6 Å². The molecule has 1 aliphatic heterocycles. The van der Waals surface area contributed by atoms with Crippen LogP contribution in [0.1, 0.15) is 0 Å². The van der Waals surface area contributed by atoms with E-state index in [1.165, 1.54) is 6.07 Å². The third kappa shape index (κ3) is 2.64. The zero-order valence-corrected chi connectivity index (χ0v) is 12.7. The topological polar surface area (TPSA) is 41.1 Å². The Hall–Kier alpha value is -2.53. The molecule has 1 fully saturated rings. The van der Waals surface area contributed by atoms with Crippen LogP contribution >= 0.6 is 0 Å². The van der Waals surface area contributed by atoms with Gasteiger partial charge in [-0.05, 0) is 24.3 Å². The molecule has 4 nitrogen and oxygen atoms in total. The number of aromatic nitrogens is 2. The van der Waals surface area contributed by atoms with Crippen LogP contribution in [0.25, 0.3) is 22.3 Å². The van der Waals surface area contributed by atoms with E-state index >= 15 is 0 Å². The molecule has 2 aromatic carbocycles. The largest absolute Gasteiger partial charge is 0.353 e. The van der Waals surface area contributed by atoms with Crippen LogP contribution in [0.3, 0.4) is 0 Å². The van der Waals surface area contributed by atoms with Crippen molar-refractivity contribution < 1.29 is 4.39 Å². The van der Waals surface area contributed by atoms with Crippen LogP contribution in [-0.2, 0) is 0 Å². The summed E-state index contributed by atoms with van der Waals surface area (Å²) in [5, 5.41) is 4.35. The predicted octanol–water partition coefficient (Wildman–Crippen LogP) is 2.85. The lowest BCUT2D eigenvalue weighted by Gasteiger charge is -2.29. The van der Waals surface area contributed by atoms with Gasteiger partial charge in [-0.2, -0.15) is 0 Å². The van der Waals surface area contributed by atoms with Crippen LogP contribution in [0.2, 0.25) is 0 Å². The van der Waals surface area contributed by atoms with Crippen molar-refractivity contribution in [3.8, 4) is 11.4 Å². The maximum Gasteiger partial charge on any atom is 0.165 e. The molecule has 1 saturated heterocycles. The van der Waals surface area contributed by atoms with Gasteiger partial charge < -0.3 is 10.2 Å². The van der Waals surface area contributed by atoms with Crippen molar-refractivity contribution in [3.63, 3.8) is 0 Å². The molecule has 1 N–H and O–H groups in total. The maximum atomic E-state index is 14.1. The zero-order valence-electron chi connectivity index (χ0n) is 12.7. The van der Waals surface area contributed by atoms with Crippen LogP contribution in [0.15, 0.2) is 48.5 Å². The van der Waals surface area contributed by atoms with E-state index in [0.29, 0.717) is 11.4 Å². The summed E-state index contributed by atoms with van der Waals surface area (Å²) in [6.45, 7) is 3.62. The number of piperazine rings is 1. The fourth-order valence-corrected chi connectivity index (χ4v) is 2.94. The van der Waals surface area contributed by atoms with Crippen molar-refractivity contribution in [2.45, 2.75) is 0 Å². The highest BCUT2D eigenvalue weighted by Gasteiger charge is 2.18.